The van der Waals surface area contributed by atoms with Crippen molar-refractivity contribution in [3.05, 3.63) is 30.1 Å². The lowest BCUT2D eigenvalue weighted by Gasteiger charge is -2.32. The summed E-state index contributed by atoms with van der Waals surface area (Å²) in [6.45, 7) is 2.38. The number of hydrogen-bond donors (Lipinski definition) is 1. The smallest absolute Gasteiger partial charge is 0.0401 e. The first-order valence-corrected chi connectivity index (χ1v) is 9.65. The maximum atomic E-state index is 4.34. The van der Waals surface area contributed by atoms with E-state index in [1.807, 2.05) is 6.20 Å². The zero-order valence-corrected chi connectivity index (χ0v) is 14.5. The number of pyridine rings is 1. The third kappa shape index (κ3) is 3.61. The first kappa shape index (κ1) is 15.6. The van der Waals surface area contributed by atoms with Gasteiger partial charge in [0.05, 0.1) is 0 Å². The van der Waals surface area contributed by atoms with Crippen molar-refractivity contribution in [2.45, 2.75) is 57.0 Å². The van der Waals surface area contributed by atoms with Gasteiger partial charge < -0.3 is 5.32 Å². The van der Waals surface area contributed by atoms with Crippen LogP contribution in [0.15, 0.2) is 24.5 Å². The first-order valence-electron chi connectivity index (χ1n) is 9.65. The number of nitrogens with zero attached hydrogens (tertiary/aromatic N) is 2. The average Bonchev–Trinajstić information content (AvgIpc) is 3.38. The van der Waals surface area contributed by atoms with Crippen LogP contribution in [-0.2, 0) is 0 Å². The second kappa shape index (κ2) is 6.90. The van der Waals surface area contributed by atoms with E-state index in [1.165, 1.54) is 63.6 Å². The predicted octanol–water partition coefficient (Wildman–Crippen LogP) is 3.63. The lowest BCUT2D eigenvalue weighted by Crippen LogP contribution is -2.38. The SMILES string of the molecule is CN1CC[C@@H](CN[C@@H]2CCC[C@@H](C3CC3)C2)[C@@H]1c1cccnc1. The Morgan fingerprint density at radius 2 is 2.09 bits per heavy atom. The van der Waals surface area contributed by atoms with Gasteiger partial charge in [0.25, 0.3) is 0 Å². The second-order valence-corrected chi connectivity index (χ2v) is 8.13. The molecule has 0 spiro atoms. The molecular formula is C20H31N3. The van der Waals surface area contributed by atoms with Crippen LogP contribution in [-0.4, -0.2) is 36.1 Å². The molecule has 3 heteroatoms. The van der Waals surface area contributed by atoms with Gasteiger partial charge in [0, 0.05) is 31.0 Å². The van der Waals surface area contributed by atoms with Crippen molar-refractivity contribution in [3.8, 4) is 0 Å². The summed E-state index contributed by atoms with van der Waals surface area (Å²) in [5, 5.41) is 3.95. The predicted molar refractivity (Wildman–Crippen MR) is 94.2 cm³/mol. The van der Waals surface area contributed by atoms with Gasteiger partial charge >= 0.3 is 0 Å². The van der Waals surface area contributed by atoms with E-state index in [1.54, 1.807) is 0 Å². The summed E-state index contributed by atoms with van der Waals surface area (Å²) in [6, 6.07) is 5.64. The minimum absolute atomic E-state index is 0.541. The molecule has 23 heavy (non-hydrogen) atoms. The zero-order valence-electron chi connectivity index (χ0n) is 14.5. The molecule has 3 aliphatic rings. The van der Waals surface area contributed by atoms with Crippen LogP contribution in [0, 0.1) is 17.8 Å². The van der Waals surface area contributed by atoms with Crippen LogP contribution >= 0.6 is 0 Å². The van der Waals surface area contributed by atoms with Crippen molar-refractivity contribution < 1.29 is 0 Å². The summed E-state index contributed by atoms with van der Waals surface area (Å²) in [4.78, 5) is 6.85. The fraction of sp³-hybridized carbons (Fsp3) is 0.750. The molecule has 1 aliphatic heterocycles. The molecule has 0 amide bonds. The zero-order chi connectivity index (χ0) is 15.6. The van der Waals surface area contributed by atoms with Crippen LogP contribution in [0.1, 0.15) is 56.6 Å². The summed E-state index contributed by atoms with van der Waals surface area (Å²) in [5.41, 5.74) is 1.39. The molecule has 0 aromatic carbocycles. The molecule has 3 nitrogen and oxygen atoms in total. The number of likely N-dealkylation sites (tertiary alicyclic amines) is 1. The summed E-state index contributed by atoms with van der Waals surface area (Å²) in [7, 11) is 2.27. The van der Waals surface area contributed by atoms with Gasteiger partial charge in [-0.05, 0) is 75.1 Å². The quantitative estimate of drug-likeness (QED) is 0.899. The molecule has 0 radical (unpaired) electrons. The van der Waals surface area contributed by atoms with E-state index in [2.05, 4.69) is 40.6 Å². The van der Waals surface area contributed by atoms with Crippen LogP contribution in [0.4, 0.5) is 0 Å². The fourth-order valence-corrected chi connectivity index (χ4v) is 5.04. The van der Waals surface area contributed by atoms with E-state index < -0.39 is 0 Å². The van der Waals surface area contributed by atoms with Gasteiger partial charge in [0.2, 0.25) is 0 Å². The first-order chi connectivity index (χ1) is 11.3. The summed E-state index contributed by atoms with van der Waals surface area (Å²) in [6.07, 6.45) is 14.0. The van der Waals surface area contributed by atoms with Gasteiger partial charge in [-0.3, -0.25) is 9.88 Å². The van der Waals surface area contributed by atoms with E-state index in [4.69, 9.17) is 0 Å². The van der Waals surface area contributed by atoms with Gasteiger partial charge in [-0.25, -0.2) is 0 Å². The van der Waals surface area contributed by atoms with E-state index >= 15 is 0 Å². The van der Waals surface area contributed by atoms with Crippen molar-refractivity contribution in [2.24, 2.45) is 17.8 Å². The minimum atomic E-state index is 0.541. The van der Waals surface area contributed by atoms with E-state index in [-0.39, 0.29) is 0 Å². The summed E-state index contributed by atoms with van der Waals surface area (Å²) < 4.78 is 0. The monoisotopic (exact) mass is 313 g/mol. The van der Waals surface area contributed by atoms with Crippen molar-refractivity contribution in [1.29, 1.82) is 0 Å². The van der Waals surface area contributed by atoms with E-state index in [0.29, 0.717) is 6.04 Å². The Labute approximate surface area is 140 Å². The summed E-state index contributed by atoms with van der Waals surface area (Å²) >= 11 is 0. The molecule has 4 rings (SSSR count). The molecule has 2 aliphatic carbocycles. The molecule has 3 fully saturated rings. The lowest BCUT2D eigenvalue weighted by atomic mass is 9.82. The third-order valence-electron chi connectivity index (χ3n) is 6.47. The number of rotatable bonds is 5. The van der Waals surface area contributed by atoms with Crippen LogP contribution in [0.3, 0.4) is 0 Å². The number of aromatic nitrogens is 1. The Morgan fingerprint density at radius 3 is 2.87 bits per heavy atom. The highest BCUT2D eigenvalue weighted by Crippen LogP contribution is 2.44. The maximum absolute atomic E-state index is 4.34. The van der Waals surface area contributed by atoms with Crippen molar-refractivity contribution >= 4 is 0 Å². The highest BCUT2D eigenvalue weighted by Gasteiger charge is 2.36. The molecule has 1 aromatic heterocycles. The third-order valence-corrected chi connectivity index (χ3v) is 6.47. The fourth-order valence-electron chi connectivity index (χ4n) is 5.04. The normalized spacial score (nSPS) is 35.5. The molecule has 1 N–H and O–H groups in total. The number of nitrogens with one attached hydrogen (secondary N) is 1. The lowest BCUT2D eigenvalue weighted by molar-refractivity contribution is 0.233. The van der Waals surface area contributed by atoms with Crippen LogP contribution < -0.4 is 5.32 Å². The highest BCUT2D eigenvalue weighted by atomic mass is 15.2. The Kier molecular flexibility index (Phi) is 4.68. The molecule has 0 bridgehead atoms. The Bertz CT molecular complexity index is 499. The second-order valence-electron chi connectivity index (χ2n) is 8.13. The van der Waals surface area contributed by atoms with E-state index in [0.717, 1.165) is 23.8 Å². The van der Waals surface area contributed by atoms with Gasteiger partial charge in [0.15, 0.2) is 0 Å². The van der Waals surface area contributed by atoms with Crippen molar-refractivity contribution in [1.82, 2.24) is 15.2 Å². The topological polar surface area (TPSA) is 28.2 Å². The van der Waals surface area contributed by atoms with Crippen LogP contribution in [0.2, 0.25) is 0 Å². The van der Waals surface area contributed by atoms with Crippen molar-refractivity contribution in [2.75, 3.05) is 20.1 Å². The minimum Gasteiger partial charge on any atom is -0.314 e. The molecule has 1 saturated heterocycles. The highest BCUT2D eigenvalue weighted by molar-refractivity contribution is 5.17. The summed E-state index contributed by atoms with van der Waals surface area (Å²) in [5.74, 6) is 2.84. The Hall–Kier alpha value is -0.930. The van der Waals surface area contributed by atoms with Crippen LogP contribution in [0.5, 0.6) is 0 Å². The Morgan fingerprint density at radius 1 is 1.17 bits per heavy atom. The molecule has 4 atom stereocenters. The van der Waals surface area contributed by atoms with E-state index in [9.17, 15) is 0 Å². The Balaban J connectivity index is 1.34. The molecule has 2 saturated carbocycles. The molecule has 126 valence electrons. The van der Waals surface area contributed by atoms with Gasteiger partial charge in [0.1, 0.15) is 0 Å². The standard InChI is InChI=1S/C20H31N3/c1-23-11-9-18(20(23)17-5-3-10-21-13-17)14-22-19-6-2-4-16(12-19)15-7-8-15/h3,5,10,13,15-16,18-20,22H,2,4,6-9,11-12,14H2,1H3/t16-,18+,19-,20+/m1/s1. The van der Waals surface area contributed by atoms with Gasteiger partial charge in [-0.15, -0.1) is 0 Å². The molecule has 1 aromatic rings. The number of hydrogen-bond acceptors (Lipinski definition) is 3. The molecule has 0 unspecified atom stereocenters. The van der Waals surface area contributed by atoms with Gasteiger partial charge in [-0.1, -0.05) is 18.9 Å². The maximum Gasteiger partial charge on any atom is 0.0401 e. The molecule has 2 heterocycles. The molecular weight excluding hydrogens is 282 g/mol. The van der Waals surface area contributed by atoms with Crippen LogP contribution in [0.25, 0.3) is 0 Å². The van der Waals surface area contributed by atoms with Gasteiger partial charge in [-0.2, -0.15) is 0 Å². The average molecular weight is 313 g/mol. The largest absolute Gasteiger partial charge is 0.314 e. The van der Waals surface area contributed by atoms with Crippen molar-refractivity contribution in [3.63, 3.8) is 0 Å².